The maximum absolute atomic E-state index is 12.8. The van der Waals surface area contributed by atoms with Gasteiger partial charge in [-0.15, -0.1) is 0 Å². The zero-order chi connectivity index (χ0) is 14.3. The monoisotopic (exact) mass is 278 g/mol. The highest BCUT2D eigenvalue weighted by Crippen LogP contribution is 2.36. The molecule has 0 aromatic carbocycles. The molecule has 0 aromatic heterocycles. The molecule has 2 saturated carbocycles. The summed E-state index contributed by atoms with van der Waals surface area (Å²) in [6, 6.07) is -0.503. The van der Waals surface area contributed by atoms with Gasteiger partial charge in [-0.05, 0) is 43.4 Å². The van der Waals surface area contributed by atoms with Gasteiger partial charge in [0.2, 0.25) is 11.8 Å². The van der Waals surface area contributed by atoms with E-state index in [4.69, 9.17) is 0 Å². The molecular weight excluding hydrogens is 252 g/mol. The molecule has 1 heterocycles. The van der Waals surface area contributed by atoms with Crippen LogP contribution in [0, 0.1) is 17.8 Å². The summed E-state index contributed by atoms with van der Waals surface area (Å²) < 4.78 is 0. The Hall–Kier alpha value is -1.06. The van der Waals surface area contributed by atoms with Gasteiger partial charge in [-0.1, -0.05) is 26.7 Å². The van der Waals surface area contributed by atoms with E-state index in [1.165, 1.54) is 25.7 Å². The number of hydrogen-bond acceptors (Lipinski definition) is 2. The predicted octanol–water partition coefficient (Wildman–Crippen LogP) is 1.94. The molecular formula is C16H26N2O2. The third-order valence-corrected chi connectivity index (χ3v) is 5.11. The third-order valence-electron chi connectivity index (χ3n) is 5.11. The molecule has 3 fully saturated rings. The van der Waals surface area contributed by atoms with E-state index >= 15 is 0 Å². The molecule has 4 heteroatoms. The molecule has 2 atom stereocenters. The smallest absolute Gasteiger partial charge is 0.246 e. The van der Waals surface area contributed by atoms with Crippen molar-refractivity contribution in [2.75, 3.05) is 6.54 Å². The average Bonchev–Trinajstić information content (AvgIpc) is 3.11. The first-order chi connectivity index (χ1) is 9.58. The minimum atomic E-state index is -0.266. The number of nitrogens with one attached hydrogen (secondary N) is 1. The predicted molar refractivity (Wildman–Crippen MR) is 77.0 cm³/mol. The van der Waals surface area contributed by atoms with Crippen LogP contribution in [-0.2, 0) is 9.59 Å². The number of amides is 2. The van der Waals surface area contributed by atoms with E-state index in [2.05, 4.69) is 5.32 Å². The maximum atomic E-state index is 12.8. The van der Waals surface area contributed by atoms with Crippen molar-refractivity contribution >= 4 is 11.8 Å². The number of carbonyl (C=O) groups is 2. The lowest BCUT2D eigenvalue weighted by Gasteiger charge is -2.42. The van der Waals surface area contributed by atoms with E-state index in [9.17, 15) is 9.59 Å². The Balaban J connectivity index is 1.78. The zero-order valence-corrected chi connectivity index (χ0v) is 12.6. The summed E-state index contributed by atoms with van der Waals surface area (Å²) in [6.45, 7) is 4.87. The topological polar surface area (TPSA) is 49.4 Å². The van der Waals surface area contributed by atoms with Gasteiger partial charge in [-0.25, -0.2) is 0 Å². The number of hydrogen-bond donors (Lipinski definition) is 1. The van der Waals surface area contributed by atoms with Gasteiger partial charge >= 0.3 is 0 Å². The number of carbonyl (C=O) groups excluding carboxylic acids is 2. The van der Waals surface area contributed by atoms with Gasteiger partial charge in [0.05, 0.1) is 0 Å². The van der Waals surface area contributed by atoms with Gasteiger partial charge in [0.25, 0.3) is 0 Å². The van der Waals surface area contributed by atoms with Crippen LogP contribution in [0.15, 0.2) is 0 Å². The molecule has 20 heavy (non-hydrogen) atoms. The summed E-state index contributed by atoms with van der Waals surface area (Å²) in [7, 11) is 0. The van der Waals surface area contributed by atoms with Gasteiger partial charge in [0.1, 0.15) is 12.1 Å². The highest BCUT2D eigenvalue weighted by Gasteiger charge is 2.48. The lowest BCUT2D eigenvalue weighted by molar-refractivity contribution is -0.152. The molecule has 2 amide bonds. The molecule has 2 unspecified atom stereocenters. The van der Waals surface area contributed by atoms with Crippen molar-refractivity contribution < 1.29 is 9.59 Å². The molecule has 112 valence electrons. The van der Waals surface area contributed by atoms with Crippen molar-refractivity contribution in [3.8, 4) is 0 Å². The van der Waals surface area contributed by atoms with Crippen LogP contribution in [0.1, 0.15) is 52.4 Å². The lowest BCUT2D eigenvalue weighted by Crippen LogP contribution is -2.66. The van der Waals surface area contributed by atoms with E-state index in [-0.39, 0.29) is 29.8 Å². The first kappa shape index (κ1) is 13.9. The van der Waals surface area contributed by atoms with Crippen molar-refractivity contribution in [3.63, 3.8) is 0 Å². The quantitative estimate of drug-likeness (QED) is 0.854. The first-order valence-corrected chi connectivity index (χ1v) is 8.18. The molecule has 0 aromatic rings. The summed E-state index contributed by atoms with van der Waals surface area (Å²) in [5.74, 6) is 1.42. The van der Waals surface area contributed by atoms with Gasteiger partial charge in [-0.2, -0.15) is 0 Å². The van der Waals surface area contributed by atoms with Crippen molar-refractivity contribution in [3.05, 3.63) is 0 Å². The number of piperazine rings is 1. The van der Waals surface area contributed by atoms with Gasteiger partial charge < -0.3 is 10.2 Å². The maximum Gasteiger partial charge on any atom is 0.246 e. The SMILES string of the molecule is CC(C)C1C(=O)NC(C2CC2)C(=O)N1CC1CCCC1. The van der Waals surface area contributed by atoms with E-state index in [1.54, 1.807) is 0 Å². The fraction of sp³-hybridized carbons (Fsp3) is 0.875. The van der Waals surface area contributed by atoms with Crippen LogP contribution in [0.5, 0.6) is 0 Å². The standard InChI is InChI=1S/C16H26N2O2/c1-10(2)14-15(19)17-13(12-7-8-12)16(20)18(14)9-11-5-3-4-6-11/h10-14H,3-9H2,1-2H3,(H,17,19). The van der Waals surface area contributed by atoms with Gasteiger partial charge in [0.15, 0.2) is 0 Å². The third kappa shape index (κ3) is 2.57. The second-order valence-corrected chi connectivity index (χ2v) is 7.15. The summed E-state index contributed by atoms with van der Waals surface area (Å²) >= 11 is 0. The zero-order valence-electron chi connectivity index (χ0n) is 12.6. The second kappa shape index (κ2) is 5.38. The van der Waals surface area contributed by atoms with Crippen molar-refractivity contribution in [2.24, 2.45) is 17.8 Å². The highest BCUT2D eigenvalue weighted by molar-refractivity contribution is 5.97. The Bertz CT molecular complexity index is 397. The molecule has 0 radical (unpaired) electrons. The number of nitrogens with zero attached hydrogens (tertiary/aromatic N) is 1. The summed E-state index contributed by atoms with van der Waals surface area (Å²) in [5.41, 5.74) is 0. The summed E-state index contributed by atoms with van der Waals surface area (Å²) in [6.07, 6.45) is 7.14. The minimum absolute atomic E-state index is 0.0643. The largest absolute Gasteiger partial charge is 0.342 e. The average molecular weight is 278 g/mol. The Labute approximate surface area is 121 Å². The molecule has 4 nitrogen and oxygen atoms in total. The second-order valence-electron chi connectivity index (χ2n) is 7.15. The molecule has 1 aliphatic heterocycles. The van der Waals surface area contributed by atoms with Crippen LogP contribution < -0.4 is 5.32 Å². The summed E-state index contributed by atoms with van der Waals surface area (Å²) in [5, 5.41) is 2.98. The lowest BCUT2D eigenvalue weighted by atomic mass is 9.93. The molecule has 0 bridgehead atoms. The Morgan fingerprint density at radius 1 is 1.15 bits per heavy atom. The first-order valence-electron chi connectivity index (χ1n) is 8.18. The Morgan fingerprint density at radius 2 is 1.80 bits per heavy atom. The van der Waals surface area contributed by atoms with E-state index in [1.807, 2.05) is 18.7 Å². The van der Waals surface area contributed by atoms with Crippen LogP contribution in [0.4, 0.5) is 0 Å². The Kier molecular flexibility index (Phi) is 3.74. The van der Waals surface area contributed by atoms with Crippen molar-refractivity contribution in [2.45, 2.75) is 64.5 Å². The van der Waals surface area contributed by atoms with Gasteiger partial charge in [-0.3, -0.25) is 9.59 Å². The normalized spacial score (nSPS) is 32.0. The van der Waals surface area contributed by atoms with Crippen LogP contribution in [0.2, 0.25) is 0 Å². The number of rotatable bonds is 4. The fourth-order valence-electron chi connectivity index (χ4n) is 3.84. The molecule has 0 spiro atoms. The van der Waals surface area contributed by atoms with E-state index in [0.717, 1.165) is 19.4 Å². The Morgan fingerprint density at radius 3 is 2.35 bits per heavy atom. The molecule has 1 saturated heterocycles. The molecule has 2 aliphatic carbocycles. The van der Waals surface area contributed by atoms with Crippen LogP contribution in [0.3, 0.4) is 0 Å². The molecule has 1 N–H and O–H groups in total. The van der Waals surface area contributed by atoms with Crippen LogP contribution in [-0.4, -0.2) is 35.3 Å². The molecule has 3 aliphatic rings. The highest BCUT2D eigenvalue weighted by atomic mass is 16.2. The fourth-order valence-corrected chi connectivity index (χ4v) is 3.84. The summed E-state index contributed by atoms with van der Waals surface area (Å²) in [4.78, 5) is 27.1. The van der Waals surface area contributed by atoms with Crippen LogP contribution in [0.25, 0.3) is 0 Å². The minimum Gasteiger partial charge on any atom is -0.342 e. The van der Waals surface area contributed by atoms with Gasteiger partial charge in [0, 0.05) is 6.54 Å². The van der Waals surface area contributed by atoms with E-state index in [0.29, 0.717) is 11.8 Å². The van der Waals surface area contributed by atoms with Crippen molar-refractivity contribution in [1.29, 1.82) is 0 Å². The molecule has 3 rings (SSSR count). The van der Waals surface area contributed by atoms with Crippen LogP contribution >= 0.6 is 0 Å². The van der Waals surface area contributed by atoms with Crippen molar-refractivity contribution in [1.82, 2.24) is 10.2 Å². The van der Waals surface area contributed by atoms with E-state index < -0.39 is 0 Å².